The molecule has 50 heavy (non-hydrogen) atoms. The quantitative estimate of drug-likeness (QED) is 0.101. The number of aromatic nitrogens is 8. The fraction of sp³-hybridized carbons (Fsp3) is 0.353. The minimum absolute atomic E-state index is 0. The van der Waals surface area contributed by atoms with Gasteiger partial charge >= 0.3 is 11.5 Å². The van der Waals surface area contributed by atoms with Gasteiger partial charge in [-0.05, 0) is 94.8 Å². The first-order chi connectivity index (χ1) is 22.7. The highest BCUT2D eigenvalue weighted by atomic mass is 35.5. The van der Waals surface area contributed by atoms with Gasteiger partial charge in [0.05, 0.1) is 42.6 Å². The van der Waals surface area contributed by atoms with E-state index >= 15 is 0 Å². The van der Waals surface area contributed by atoms with Gasteiger partial charge in [-0.25, -0.2) is 0 Å². The summed E-state index contributed by atoms with van der Waals surface area (Å²) in [5.74, 6) is 0.236. The van der Waals surface area contributed by atoms with Crippen LogP contribution in [-0.4, -0.2) is 58.0 Å². The van der Waals surface area contributed by atoms with Crippen LogP contribution >= 0.6 is 11.6 Å². The molecule has 0 unspecified atom stereocenters. The topological polar surface area (TPSA) is 114 Å². The van der Waals surface area contributed by atoms with Gasteiger partial charge in [0.15, 0.2) is 11.3 Å². The predicted octanol–water partition coefficient (Wildman–Crippen LogP) is 8.80. The van der Waals surface area contributed by atoms with E-state index in [1.165, 1.54) is 36.1 Å². The lowest BCUT2D eigenvalue weighted by atomic mass is 10.1. The van der Waals surface area contributed by atoms with Gasteiger partial charge < -0.3 is 14.2 Å². The molecule has 0 spiro atoms. The largest absolute Gasteiger partial charge is 0.491 e. The van der Waals surface area contributed by atoms with E-state index in [1.807, 2.05) is 52.0 Å². The normalized spacial score (nSPS) is 11.6. The average Bonchev–Trinajstić information content (AvgIpc) is 3.66. The van der Waals surface area contributed by atoms with Crippen molar-refractivity contribution in [2.75, 3.05) is 6.61 Å². The molecule has 0 amide bonds. The van der Waals surface area contributed by atoms with Crippen molar-refractivity contribution >= 4 is 22.9 Å². The van der Waals surface area contributed by atoms with Crippen LogP contribution in [-0.2, 0) is 16.2 Å². The van der Waals surface area contributed by atoms with Gasteiger partial charge in [-0.15, -0.1) is 20.4 Å². The van der Waals surface area contributed by atoms with Crippen molar-refractivity contribution < 1.29 is 31.8 Å². The molecular weight excluding hydrogens is 680 g/mol. The van der Waals surface area contributed by atoms with Gasteiger partial charge in [0.2, 0.25) is 11.6 Å². The third-order valence-corrected chi connectivity index (χ3v) is 6.64. The van der Waals surface area contributed by atoms with Gasteiger partial charge in [0.1, 0.15) is 11.5 Å². The van der Waals surface area contributed by atoms with Crippen LogP contribution in [0, 0.1) is 0 Å². The molecule has 0 saturated heterocycles. The van der Waals surface area contributed by atoms with Gasteiger partial charge in [-0.3, -0.25) is 18.8 Å². The monoisotopic (exact) mass is 718 g/mol. The Balaban J connectivity index is 0.000000261. The molecule has 0 atom stereocenters. The maximum atomic E-state index is 14.0. The molecule has 0 bridgehead atoms. The van der Waals surface area contributed by atoms with E-state index in [0.717, 1.165) is 27.0 Å². The second-order valence-electron chi connectivity index (χ2n) is 10.9. The van der Waals surface area contributed by atoms with E-state index in [2.05, 4.69) is 35.1 Å². The summed E-state index contributed by atoms with van der Waals surface area (Å²) in [4.78, 5) is 8.47. The molecule has 0 N–H and O–H groups in total. The zero-order chi connectivity index (χ0) is 34.6. The van der Waals surface area contributed by atoms with Crippen molar-refractivity contribution in [3.05, 3.63) is 85.0 Å². The molecule has 0 aliphatic rings. The third kappa shape index (κ3) is 9.21. The molecule has 0 fully saturated rings. The Bertz CT molecular complexity index is 1980. The molecular formula is C34H39ClF4N8O3. The summed E-state index contributed by atoms with van der Waals surface area (Å²) in [6.45, 7) is 9.10. The second kappa shape index (κ2) is 16.2. The van der Waals surface area contributed by atoms with Crippen molar-refractivity contribution in [3.63, 3.8) is 0 Å². The number of hydrogen-bond donors (Lipinski definition) is 0. The number of benzene rings is 2. The summed E-state index contributed by atoms with van der Waals surface area (Å²) in [5, 5.41) is 10.7. The summed E-state index contributed by atoms with van der Waals surface area (Å²) in [6, 6.07) is 14.4. The Kier molecular flexibility index (Phi) is 12.8. The third-order valence-electron chi connectivity index (χ3n) is 6.47. The number of nitrogens with zero attached hydrogens (tertiary/aromatic N) is 8. The number of fused-ring (bicyclic) bond motifs is 2. The van der Waals surface area contributed by atoms with Crippen molar-refractivity contribution in [2.45, 2.75) is 73.2 Å². The molecule has 6 rings (SSSR count). The van der Waals surface area contributed by atoms with Crippen molar-refractivity contribution in [1.29, 1.82) is 0 Å². The minimum atomic E-state index is -3.60. The van der Waals surface area contributed by atoms with Crippen LogP contribution < -0.4 is 9.47 Å². The standard InChI is InChI=1S/C17H18F2N4O2.C15H13ClF2N4O.2CH4/c1-4-24-17(18,19)16-22-21-15-9-20-14(10-23(15)16)12-5-7-13(8-6-12)25-11(2)3;1-9(2)23-11-5-3-10(4-6-11)12-8-22-13(7-19-12)20-21-14(22)15(16,17)18;;/h5-11H,4H2,1-3H3;3-9H,1-2H3;2*1H4. The molecule has 6 aromatic rings. The molecule has 0 saturated carbocycles. The number of rotatable bonds is 10. The molecule has 0 radical (unpaired) electrons. The molecule has 11 nitrogen and oxygen atoms in total. The number of halogens is 5. The first-order valence-electron chi connectivity index (χ1n) is 14.8. The predicted molar refractivity (Wildman–Crippen MR) is 183 cm³/mol. The van der Waals surface area contributed by atoms with Gasteiger partial charge in [0, 0.05) is 23.5 Å². The Hall–Kier alpha value is -4.89. The van der Waals surface area contributed by atoms with E-state index in [-0.39, 0.29) is 45.0 Å². The second-order valence-corrected chi connectivity index (χ2v) is 11.4. The van der Waals surface area contributed by atoms with Crippen LogP contribution in [0.5, 0.6) is 11.5 Å². The number of ether oxygens (including phenoxy) is 3. The Labute approximate surface area is 292 Å². The molecule has 16 heteroatoms. The Morgan fingerprint density at radius 3 is 1.44 bits per heavy atom. The lowest BCUT2D eigenvalue weighted by molar-refractivity contribution is -0.251. The van der Waals surface area contributed by atoms with Crippen molar-refractivity contribution in [2.24, 2.45) is 0 Å². The maximum absolute atomic E-state index is 14.0. The molecule has 0 aliphatic heterocycles. The molecule has 0 aliphatic carbocycles. The summed E-state index contributed by atoms with van der Waals surface area (Å²) in [7, 11) is 0. The lowest BCUT2D eigenvalue weighted by Crippen LogP contribution is -2.21. The summed E-state index contributed by atoms with van der Waals surface area (Å²) in [5.41, 5.74) is 2.94. The van der Waals surface area contributed by atoms with Gasteiger partial charge in [-0.1, -0.05) is 14.9 Å². The summed E-state index contributed by atoms with van der Waals surface area (Å²) in [6.07, 6.45) is 2.28. The number of alkyl halides is 5. The molecule has 2 aromatic carbocycles. The maximum Gasteiger partial charge on any atom is 0.418 e. The Morgan fingerprint density at radius 2 is 1.06 bits per heavy atom. The fourth-order valence-electron chi connectivity index (χ4n) is 4.49. The van der Waals surface area contributed by atoms with Crippen LogP contribution in [0.25, 0.3) is 33.8 Å². The first-order valence-corrected chi connectivity index (χ1v) is 15.2. The van der Waals surface area contributed by atoms with Crippen LogP contribution in [0.2, 0.25) is 0 Å². The molecule has 4 aromatic heterocycles. The van der Waals surface area contributed by atoms with Gasteiger partial charge in [-0.2, -0.15) is 17.6 Å². The van der Waals surface area contributed by atoms with Crippen LogP contribution in [0.3, 0.4) is 0 Å². The van der Waals surface area contributed by atoms with E-state index < -0.39 is 23.1 Å². The average molecular weight is 719 g/mol. The SMILES string of the molecule is C.C.CC(C)Oc1ccc(-c2cn3c(C(F)(F)Cl)nnc3cn2)cc1.CCOC(F)(F)c1nnc2cnc(-c3ccc(OC(C)C)cc3)cn12. The smallest absolute Gasteiger partial charge is 0.418 e. The lowest BCUT2D eigenvalue weighted by Gasteiger charge is -2.14. The van der Waals surface area contributed by atoms with E-state index in [0.29, 0.717) is 11.4 Å². The molecule has 268 valence electrons. The number of hydrogen-bond acceptors (Lipinski definition) is 9. The fourth-order valence-corrected chi connectivity index (χ4v) is 4.62. The van der Waals surface area contributed by atoms with E-state index in [9.17, 15) is 17.6 Å². The molecule has 4 heterocycles. The zero-order valence-electron chi connectivity index (χ0n) is 26.5. The zero-order valence-corrected chi connectivity index (χ0v) is 27.2. The highest BCUT2D eigenvalue weighted by Gasteiger charge is 2.38. The minimum Gasteiger partial charge on any atom is -0.491 e. The highest BCUT2D eigenvalue weighted by molar-refractivity contribution is 6.21. The first kappa shape index (κ1) is 39.5. The van der Waals surface area contributed by atoms with Crippen LogP contribution in [0.15, 0.2) is 73.3 Å². The summed E-state index contributed by atoms with van der Waals surface area (Å²) < 4.78 is 72.7. The Morgan fingerprint density at radius 1 is 0.660 bits per heavy atom. The van der Waals surface area contributed by atoms with Gasteiger partial charge in [0.25, 0.3) is 0 Å². The van der Waals surface area contributed by atoms with Crippen molar-refractivity contribution in [3.8, 4) is 34.0 Å². The van der Waals surface area contributed by atoms with Crippen molar-refractivity contribution in [1.82, 2.24) is 39.2 Å². The highest BCUT2D eigenvalue weighted by Crippen LogP contribution is 2.32. The van der Waals surface area contributed by atoms with Crippen LogP contribution in [0.4, 0.5) is 17.6 Å². The van der Waals surface area contributed by atoms with E-state index in [4.69, 9.17) is 21.1 Å². The summed E-state index contributed by atoms with van der Waals surface area (Å²) >= 11 is 5.05. The van der Waals surface area contributed by atoms with E-state index in [1.54, 1.807) is 24.3 Å². The van der Waals surface area contributed by atoms with Crippen LogP contribution in [0.1, 0.15) is 61.1 Å².